The molecular weight excluding hydrogens is 416 g/mol. The van der Waals surface area contributed by atoms with E-state index in [1.807, 2.05) is 12.1 Å². The van der Waals surface area contributed by atoms with Crippen LogP contribution in [-0.4, -0.2) is 18.3 Å². The summed E-state index contributed by atoms with van der Waals surface area (Å²) in [5.74, 6) is 4.38. The van der Waals surface area contributed by atoms with E-state index in [2.05, 4.69) is 36.4 Å². The largest absolute Gasteiger partial charge is 0.494 e. The lowest BCUT2D eigenvalue weighted by molar-refractivity contribution is 0.0705. The Balaban J connectivity index is 1.39. The van der Waals surface area contributed by atoms with Gasteiger partial charge in [-0.25, -0.2) is 0 Å². The summed E-state index contributed by atoms with van der Waals surface area (Å²) in [5, 5.41) is 9.68. The quantitative estimate of drug-likeness (QED) is 0.400. The highest BCUT2D eigenvalue weighted by atomic mass is 35.5. The minimum Gasteiger partial charge on any atom is -0.494 e. The third-order valence-corrected chi connectivity index (χ3v) is 8.16. The number of unbranched alkanes of at least 4 members (excludes halogenated alkanes) is 3. The number of aliphatic hydroxyl groups excluding tert-OH is 1. The molecule has 2 aromatic carbocycles. The van der Waals surface area contributed by atoms with Gasteiger partial charge in [-0.3, -0.25) is 0 Å². The Kier molecular flexibility index (Phi) is 6.90. The number of aliphatic hydroxyl groups is 1. The average Bonchev–Trinajstić information content (AvgIpc) is 2.80. The second kappa shape index (κ2) is 10.0. The zero-order chi connectivity index (χ0) is 21.9. The van der Waals surface area contributed by atoms with Crippen molar-refractivity contribution in [1.82, 2.24) is 0 Å². The van der Waals surface area contributed by atoms with E-state index in [1.54, 1.807) is 5.57 Å². The molecule has 0 amide bonds. The van der Waals surface area contributed by atoms with Gasteiger partial charge in [0.05, 0.1) is 6.61 Å². The number of halogens is 1. The van der Waals surface area contributed by atoms with E-state index in [9.17, 15) is 0 Å². The van der Waals surface area contributed by atoms with Gasteiger partial charge in [0.25, 0.3) is 0 Å². The second-order valence-corrected chi connectivity index (χ2v) is 10.6. The average molecular weight is 451 g/mol. The summed E-state index contributed by atoms with van der Waals surface area (Å²) in [7, 11) is 0. The molecule has 2 nitrogen and oxygen atoms in total. The maximum absolute atomic E-state index is 8.89. The molecule has 4 bridgehead atoms. The van der Waals surface area contributed by atoms with Crippen molar-refractivity contribution in [1.29, 1.82) is 0 Å². The number of hydrogen-bond acceptors (Lipinski definition) is 2. The summed E-state index contributed by atoms with van der Waals surface area (Å²) in [6.07, 6.45) is 11.1. The van der Waals surface area contributed by atoms with Crippen LogP contribution in [0, 0.1) is 23.7 Å². The molecule has 0 heterocycles. The Morgan fingerprint density at radius 2 is 1.31 bits per heavy atom. The number of rotatable bonds is 9. The minimum absolute atomic E-state index is 0.288. The van der Waals surface area contributed by atoms with E-state index in [0.717, 1.165) is 66.7 Å². The molecule has 0 unspecified atom stereocenters. The molecule has 4 aliphatic rings. The van der Waals surface area contributed by atoms with Gasteiger partial charge in [-0.2, -0.15) is 0 Å². The molecular formula is C29H35ClO2. The molecule has 0 aromatic heterocycles. The first-order valence-corrected chi connectivity index (χ1v) is 12.9. The van der Waals surface area contributed by atoms with Crippen molar-refractivity contribution >= 4 is 17.2 Å². The molecule has 6 rings (SSSR count). The molecule has 0 saturated heterocycles. The highest BCUT2D eigenvalue weighted by Crippen LogP contribution is 2.58. The van der Waals surface area contributed by atoms with Gasteiger partial charge in [0.15, 0.2) is 0 Å². The summed E-state index contributed by atoms with van der Waals surface area (Å²) in [5.41, 5.74) is 5.78. The number of benzene rings is 2. The lowest BCUT2D eigenvalue weighted by Crippen LogP contribution is -2.40. The lowest BCUT2D eigenvalue weighted by atomic mass is 9.53. The number of hydrogen-bond donors (Lipinski definition) is 1. The minimum atomic E-state index is 0.288. The van der Waals surface area contributed by atoms with Crippen molar-refractivity contribution in [3.05, 3.63) is 70.3 Å². The van der Waals surface area contributed by atoms with Crippen LogP contribution >= 0.6 is 11.6 Å². The third-order valence-electron chi connectivity index (χ3n) is 7.90. The van der Waals surface area contributed by atoms with Crippen LogP contribution in [0.3, 0.4) is 0 Å². The zero-order valence-electron chi connectivity index (χ0n) is 18.9. The van der Waals surface area contributed by atoms with Crippen molar-refractivity contribution in [2.24, 2.45) is 23.7 Å². The normalized spacial score (nSPS) is 25.9. The van der Waals surface area contributed by atoms with Gasteiger partial charge in [0.1, 0.15) is 5.75 Å². The van der Waals surface area contributed by atoms with E-state index in [1.165, 1.54) is 48.8 Å². The molecule has 0 atom stereocenters. The molecule has 3 heteroatoms. The summed E-state index contributed by atoms with van der Waals surface area (Å²) < 4.78 is 5.99. The molecule has 0 radical (unpaired) electrons. The Hall–Kier alpha value is -1.77. The summed E-state index contributed by atoms with van der Waals surface area (Å²) >= 11 is 6.23. The fourth-order valence-corrected chi connectivity index (χ4v) is 6.82. The van der Waals surface area contributed by atoms with Gasteiger partial charge in [-0.05, 0) is 116 Å². The highest BCUT2D eigenvalue weighted by Gasteiger charge is 2.46. The van der Waals surface area contributed by atoms with Crippen LogP contribution in [0.15, 0.2) is 54.1 Å². The van der Waals surface area contributed by atoms with E-state index in [0.29, 0.717) is 0 Å². The standard InChI is InChI=1S/C29H35ClO2/c30-26-9-5-22(6-10-26)28(29-24-16-20-15-21(18-24)19-25(29)17-20)23-7-11-27(12-8-23)32-14-4-2-1-3-13-31/h5-12,20-21,24-25,31H,1-4,13-19H2/t20-,21+,24+,25?. The van der Waals surface area contributed by atoms with E-state index in [-0.39, 0.29) is 6.61 Å². The maximum atomic E-state index is 8.89. The molecule has 4 aliphatic carbocycles. The van der Waals surface area contributed by atoms with Crippen LogP contribution < -0.4 is 4.74 Å². The van der Waals surface area contributed by atoms with Crippen LogP contribution in [0.1, 0.15) is 68.9 Å². The van der Waals surface area contributed by atoms with Crippen molar-refractivity contribution in [3.63, 3.8) is 0 Å². The van der Waals surface area contributed by atoms with Gasteiger partial charge in [0.2, 0.25) is 0 Å². The Morgan fingerprint density at radius 1 is 0.750 bits per heavy atom. The van der Waals surface area contributed by atoms with Crippen LogP contribution in [0.2, 0.25) is 5.02 Å². The predicted octanol–water partition coefficient (Wildman–Crippen LogP) is 7.53. The van der Waals surface area contributed by atoms with Gasteiger partial charge in [-0.15, -0.1) is 0 Å². The molecule has 0 aliphatic heterocycles. The zero-order valence-corrected chi connectivity index (χ0v) is 19.7. The van der Waals surface area contributed by atoms with Crippen molar-refractivity contribution in [2.75, 3.05) is 13.2 Å². The smallest absolute Gasteiger partial charge is 0.119 e. The van der Waals surface area contributed by atoms with Crippen LogP contribution in [0.4, 0.5) is 0 Å². The Morgan fingerprint density at radius 3 is 1.91 bits per heavy atom. The summed E-state index contributed by atoms with van der Waals surface area (Å²) in [6, 6.07) is 17.2. The van der Waals surface area contributed by atoms with Crippen molar-refractivity contribution in [2.45, 2.75) is 57.8 Å². The molecule has 170 valence electrons. The predicted molar refractivity (Wildman–Crippen MR) is 132 cm³/mol. The molecule has 1 N–H and O–H groups in total. The highest BCUT2D eigenvalue weighted by molar-refractivity contribution is 6.30. The molecule has 4 saturated carbocycles. The fourth-order valence-electron chi connectivity index (χ4n) is 6.69. The summed E-state index contributed by atoms with van der Waals surface area (Å²) in [6.45, 7) is 1.03. The Labute approximate surface area is 197 Å². The van der Waals surface area contributed by atoms with Gasteiger partial charge in [-0.1, -0.05) is 47.9 Å². The first kappa shape index (κ1) is 22.0. The number of ether oxygens (including phenoxy) is 1. The Bertz CT molecular complexity index is 899. The summed E-state index contributed by atoms with van der Waals surface area (Å²) in [4.78, 5) is 0. The molecule has 0 spiro atoms. The van der Waals surface area contributed by atoms with E-state index >= 15 is 0 Å². The topological polar surface area (TPSA) is 29.5 Å². The SMILES string of the molecule is OCCCCCCOc1ccc(C(c2ccc(Cl)cc2)=C2C3C[C@H]4C[C@@H](C3)C[C@H]2C4)cc1. The van der Waals surface area contributed by atoms with Crippen LogP contribution in [0.5, 0.6) is 5.75 Å². The monoisotopic (exact) mass is 450 g/mol. The second-order valence-electron chi connectivity index (χ2n) is 10.2. The lowest BCUT2D eigenvalue weighted by Gasteiger charge is -2.52. The molecule has 32 heavy (non-hydrogen) atoms. The maximum Gasteiger partial charge on any atom is 0.119 e. The molecule has 4 fully saturated rings. The van der Waals surface area contributed by atoms with Gasteiger partial charge < -0.3 is 9.84 Å². The van der Waals surface area contributed by atoms with Crippen molar-refractivity contribution < 1.29 is 9.84 Å². The first-order valence-electron chi connectivity index (χ1n) is 12.6. The third kappa shape index (κ3) is 4.77. The van der Waals surface area contributed by atoms with Crippen LogP contribution in [-0.2, 0) is 0 Å². The fraction of sp³-hybridized carbons (Fsp3) is 0.517. The first-order chi connectivity index (χ1) is 15.7. The van der Waals surface area contributed by atoms with E-state index < -0.39 is 0 Å². The van der Waals surface area contributed by atoms with Gasteiger partial charge in [0, 0.05) is 11.6 Å². The van der Waals surface area contributed by atoms with E-state index in [4.69, 9.17) is 21.4 Å². The van der Waals surface area contributed by atoms with Crippen LogP contribution in [0.25, 0.3) is 5.57 Å². The molecule has 2 aromatic rings. The number of allylic oxidation sites excluding steroid dienone is 1. The van der Waals surface area contributed by atoms with Crippen molar-refractivity contribution in [3.8, 4) is 5.75 Å². The van der Waals surface area contributed by atoms with Gasteiger partial charge >= 0.3 is 0 Å².